The maximum Gasteiger partial charge on any atom is 0.257 e. The molecule has 0 amide bonds. The number of hydrogen-bond acceptors (Lipinski definition) is 4. The maximum absolute atomic E-state index is 11.3. The van der Waals surface area contributed by atoms with Gasteiger partial charge in [0, 0.05) is 12.8 Å². The highest BCUT2D eigenvalue weighted by Crippen LogP contribution is 2.31. The zero-order valence-corrected chi connectivity index (χ0v) is 6.67. The second-order valence-electron chi connectivity index (χ2n) is 3.06. The Balaban J connectivity index is 2.23. The molecule has 2 rings (SSSR count). The van der Waals surface area contributed by atoms with Gasteiger partial charge in [-0.2, -0.15) is 0 Å². The molecule has 0 atom stereocenters. The van der Waals surface area contributed by atoms with Crippen LogP contribution in [-0.4, -0.2) is 30.6 Å². The maximum atomic E-state index is 11.3. The second-order valence-corrected chi connectivity index (χ2v) is 3.06. The topological polar surface area (TPSA) is 52.6 Å². The summed E-state index contributed by atoms with van der Waals surface area (Å²) >= 11 is 0. The van der Waals surface area contributed by atoms with Gasteiger partial charge in [0.2, 0.25) is 11.6 Å². The summed E-state index contributed by atoms with van der Waals surface area (Å²) in [6.45, 7) is 0.831. The molecule has 0 radical (unpaired) electrons. The Morgan fingerprint density at radius 3 is 2.50 bits per heavy atom. The summed E-state index contributed by atoms with van der Waals surface area (Å²) in [5, 5.41) is 0. The minimum absolute atomic E-state index is 0.341. The van der Waals surface area contributed by atoms with Gasteiger partial charge in [0.25, 0.3) is 5.78 Å². The molecule has 0 unspecified atom stereocenters. The lowest BCUT2D eigenvalue weighted by Crippen LogP contribution is -2.47. The van der Waals surface area contributed by atoms with Crippen LogP contribution < -0.4 is 0 Å². The van der Waals surface area contributed by atoms with Gasteiger partial charge in [-0.25, -0.2) is 0 Å². The monoisotopic (exact) mass is 170 g/mol. The Morgan fingerprint density at radius 1 is 1.17 bits per heavy atom. The third-order valence-electron chi connectivity index (χ3n) is 2.26. The molecule has 2 fully saturated rings. The van der Waals surface area contributed by atoms with Crippen molar-refractivity contribution >= 4 is 11.6 Å². The van der Waals surface area contributed by atoms with E-state index in [1.807, 2.05) is 0 Å². The molecular weight excluding hydrogens is 160 g/mol. The summed E-state index contributed by atoms with van der Waals surface area (Å²) in [7, 11) is 0. The molecule has 0 bridgehead atoms. The second kappa shape index (κ2) is 2.64. The smallest absolute Gasteiger partial charge is 0.257 e. The van der Waals surface area contributed by atoms with E-state index in [9.17, 15) is 9.59 Å². The van der Waals surface area contributed by atoms with Gasteiger partial charge < -0.3 is 9.47 Å². The molecule has 1 saturated heterocycles. The molecule has 2 aliphatic rings. The molecule has 12 heavy (non-hydrogen) atoms. The first-order valence-corrected chi connectivity index (χ1v) is 4.10. The molecule has 0 aromatic carbocycles. The summed E-state index contributed by atoms with van der Waals surface area (Å²) in [5.74, 6) is -2.04. The lowest BCUT2D eigenvalue weighted by atomic mass is 9.92. The van der Waals surface area contributed by atoms with E-state index in [0.29, 0.717) is 32.5 Å². The fourth-order valence-corrected chi connectivity index (χ4v) is 1.65. The number of Topliss-reactive ketones (excluding diaryl/α,β-unsaturated/α-hetero) is 2. The van der Waals surface area contributed by atoms with Crippen LogP contribution in [0.4, 0.5) is 0 Å². The van der Waals surface area contributed by atoms with Crippen molar-refractivity contribution in [2.75, 3.05) is 13.2 Å². The van der Waals surface area contributed by atoms with Crippen LogP contribution in [0, 0.1) is 0 Å². The molecule has 1 aliphatic carbocycles. The van der Waals surface area contributed by atoms with Crippen molar-refractivity contribution in [2.24, 2.45) is 0 Å². The highest BCUT2D eigenvalue weighted by Gasteiger charge is 2.49. The fraction of sp³-hybridized carbons (Fsp3) is 0.750. The standard InChI is InChI=1S/C8H10O4/c9-6-2-1-3-8(7(6)10)11-4-5-12-8/h1-5H2. The average molecular weight is 170 g/mol. The number of rotatable bonds is 0. The first-order valence-electron chi connectivity index (χ1n) is 4.10. The van der Waals surface area contributed by atoms with Crippen LogP contribution >= 0.6 is 0 Å². The largest absolute Gasteiger partial charge is 0.341 e. The van der Waals surface area contributed by atoms with Crippen molar-refractivity contribution in [1.82, 2.24) is 0 Å². The molecule has 0 N–H and O–H groups in total. The van der Waals surface area contributed by atoms with Gasteiger partial charge in [-0.15, -0.1) is 0 Å². The molecule has 66 valence electrons. The fourth-order valence-electron chi connectivity index (χ4n) is 1.65. The van der Waals surface area contributed by atoms with Crippen LogP contribution in [0.15, 0.2) is 0 Å². The Hall–Kier alpha value is -0.740. The first-order chi connectivity index (χ1) is 5.75. The highest BCUT2D eigenvalue weighted by molar-refractivity contribution is 6.40. The van der Waals surface area contributed by atoms with E-state index in [4.69, 9.17) is 9.47 Å². The van der Waals surface area contributed by atoms with E-state index in [1.165, 1.54) is 0 Å². The van der Waals surface area contributed by atoms with E-state index in [-0.39, 0.29) is 5.78 Å². The molecular formula is C8H10O4. The van der Waals surface area contributed by atoms with Gasteiger partial charge in [0.15, 0.2) is 0 Å². The number of ketones is 2. The van der Waals surface area contributed by atoms with E-state index >= 15 is 0 Å². The van der Waals surface area contributed by atoms with Crippen molar-refractivity contribution in [3.63, 3.8) is 0 Å². The van der Waals surface area contributed by atoms with Crippen molar-refractivity contribution in [3.8, 4) is 0 Å². The molecule has 0 aromatic heterocycles. The third-order valence-corrected chi connectivity index (χ3v) is 2.26. The zero-order chi connectivity index (χ0) is 8.60. The molecule has 4 nitrogen and oxygen atoms in total. The van der Waals surface area contributed by atoms with Crippen molar-refractivity contribution in [1.29, 1.82) is 0 Å². The molecule has 1 saturated carbocycles. The Labute approximate surface area is 69.8 Å². The Kier molecular flexibility index (Phi) is 1.73. The van der Waals surface area contributed by atoms with Crippen LogP contribution in [0.5, 0.6) is 0 Å². The SMILES string of the molecule is O=C1CCCC2(OCCO2)C1=O. The highest BCUT2D eigenvalue weighted by atomic mass is 16.7. The molecule has 0 aromatic rings. The number of hydrogen-bond donors (Lipinski definition) is 0. The first kappa shape index (κ1) is 7.89. The number of ether oxygens (including phenoxy) is 2. The minimum atomic E-state index is -1.19. The summed E-state index contributed by atoms with van der Waals surface area (Å²) in [6, 6.07) is 0. The lowest BCUT2D eigenvalue weighted by molar-refractivity contribution is -0.189. The van der Waals surface area contributed by atoms with Gasteiger partial charge in [0.05, 0.1) is 13.2 Å². The van der Waals surface area contributed by atoms with Gasteiger partial charge in [-0.05, 0) is 6.42 Å². The van der Waals surface area contributed by atoms with E-state index < -0.39 is 11.6 Å². The van der Waals surface area contributed by atoms with Crippen molar-refractivity contribution in [2.45, 2.75) is 25.0 Å². The summed E-state index contributed by atoms with van der Waals surface area (Å²) < 4.78 is 10.3. The molecule has 1 aliphatic heterocycles. The Morgan fingerprint density at radius 2 is 1.83 bits per heavy atom. The Bertz CT molecular complexity index is 227. The minimum Gasteiger partial charge on any atom is -0.341 e. The molecule has 1 heterocycles. The van der Waals surface area contributed by atoms with Crippen LogP contribution in [-0.2, 0) is 19.1 Å². The predicted molar refractivity (Wildman–Crippen MR) is 38.5 cm³/mol. The summed E-state index contributed by atoms with van der Waals surface area (Å²) in [5.41, 5.74) is 0. The summed E-state index contributed by atoms with van der Waals surface area (Å²) in [6.07, 6.45) is 1.55. The van der Waals surface area contributed by atoms with Crippen molar-refractivity contribution < 1.29 is 19.1 Å². The van der Waals surface area contributed by atoms with Crippen LogP contribution in [0.2, 0.25) is 0 Å². The quantitative estimate of drug-likeness (QED) is 0.482. The van der Waals surface area contributed by atoms with Crippen molar-refractivity contribution in [3.05, 3.63) is 0 Å². The lowest BCUT2D eigenvalue weighted by Gasteiger charge is -2.28. The normalized spacial score (nSPS) is 28.3. The molecule has 4 heteroatoms. The van der Waals surface area contributed by atoms with E-state index in [1.54, 1.807) is 0 Å². The average Bonchev–Trinajstić information content (AvgIpc) is 2.50. The summed E-state index contributed by atoms with van der Waals surface area (Å²) in [4.78, 5) is 22.4. The van der Waals surface area contributed by atoms with Gasteiger partial charge in [-0.1, -0.05) is 0 Å². The predicted octanol–water partition coefficient (Wildman–Crippen LogP) is 0.0516. The van der Waals surface area contributed by atoms with Gasteiger partial charge in [0.1, 0.15) is 0 Å². The van der Waals surface area contributed by atoms with E-state index in [0.717, 1.165) is 0 Å². The zero-order valence-electron chi connectivity index (χ0n) is 6.67. The third kappa shape index (κ3) is 0.990. The molecule has 1 spiro atoms. The van der Waals surface area contributed by atoms with E-state index in [2.05, 4.69) is 0 Å². The van der Waals surface area contributed by atoms with Crippen LogP contribution in [0.3, 0.4) is 0 Å². The number of carbonyl (C=O) groups excluding carboxylic acids is 2. The number of carbonyl (C=O) groups is 2. The van der Waals surface area contributed by atoms with Crippen LogP contribution in [0.25, 0.3) is 0 Å². The van der Waals surface area contributed by atoms with Gasteiger partial charge >= 0.3 is 0 Å². The van der Waals surface area contributed by atoms with Crippen LogP contribution in [0.1, 0.15) is 19.3 Å². The van der Waals surface area contributed by atoms with Gasteiger partial charge in [-0.3, -0.25) is 9.59 Å².